The molecule has 2 rings (SSSR count). The third-order valence-corrected chi connectivity index (χ3v) is 4.58. The molecule has 1 heterocycles. The van der Waals surface area contributed by atoms with Crippen molar-refractivity contribution in [2.75, 3.05) is 6.61 Å². The third kappa shape index (κ3) is 3.20. The fraction of sp³-hybridized carbons (Fsp3) is 0.917. The predicted octanol–water partition coefficient (Wildman–Crippen LogP) is 2.38. The van der Waals surface area contributed by atoms with Gasteiger partial charge in [0, 0.05) is 17.5 Å². The second-order valence-corrected chi connectivity index (χ2v) is 5.95. The molecule has 1 amide bonds. The molecule has 0 aromatic carbocycles. The molecule has 1 aliphatic carbocycles. The lowest BCUT2D eigenvalue weighted by molar-refractivity contribution is -0.130. The summed E-state index contributed by atoms with van der Waals surface area (Å²) < 4.78 is 5.40. The van der Waals surface area contributed by atoms with Gasteiger partial charge in [-0.3, -0.25) is 4.79 Å². The van der Waals surface area contributed by atoms with Crippen LogP contribution in [0.1, 0.15) is 44.9 Å². The van der Waals surface area contributed by atoms with E-state index in [0.29, 0.717) is 10.9 Å². The van der Waals surface area contributed by atoms with Crippen molar-refractivity contribution in [3.05, 3.63) is 0 Å². The number of rotatable bonds is 2. The lowest BCUT2D eigenvalue weighted by atomic mass is 10.1. The zero-order chi connectivity index (χ0) is 11.4. The summed E-state index contributed by atoms with van der Waals surface area (Å²) in [5, 5.41) is 3.14. The first kappa shape index (κ1) is 12.4. The van der Waals surface area contributed by atoms with E-state index in [9.17, 15) is 4.79 Å². The average Bonchev–Trinajstić information content (AvgIpc) is 2.73. The molecule has 0 radical (unpaired) electrons. The summed E-state index contributed by atoms with van der Waals surface area (Å²) in [4.78, 5) is 12.3. The molecule has 2 fully saturated rings. The van der Waals surface area contributed by atoms with Crippen molar-refractivity contribution in [3.8, 4) is 0 Å². The van der Waals surface area contributed by atoms with Crippen molar-refractivity contribution in [2.24, 2.45) is 0 Å². The van der Waals surface area contributed by atoms with Crippen molar-refractivity contribution in [3.63, 3.8) is 0 Å². The monoisotopic (exact) mass is 289 g/mol. The highest BCUT2D eigenvalue weighted by molar-refractivity contribution is 9.09. The van der Waals surface area contributed by atoms with Gasteiger partial charge in [0.1, 0.15) is 6.10 Å². The molecule has 0 spiro atoms. The zero-order valence-electron chi connectivity index (χ0n) is 9.58. The SMILES string of the molecule is O=C(NC1CCCCCC1Br)C1CCCO1. The summed E-state index contributed by atoms with van der Waals surface area (Å²) in [6.07, 6.45) is 7.73. The van der Waals surface area contributed by atoms with Gasteiger partial charge in [-0.1, -0.05) is 35.2 Å². The summed E-state index contributed by atoms with van der Waals surface area (Å²) in [6.45, 7) is 0.737. The number of ether oxygens (including phenoxy) is 1. The largest absolute Gasteiger partial charge is 0.368 e. The maximum absolute atomic E-state index is 11.9. The summed E-state index contributed by atoms with van der Waals surface area (Å²) in [5.41, 5.74) is 0. The van der Waals surface area contributed by atoms with Gasteiger partial charge in [0.05, 0.1) is 0 Å². The van der Waals surface area contributed by atoms with Crippen molar-refractivity contribution in [1.29, 1.82) is 0 Å². The van der Waals surface area contributed by atoms with E-state index in [2.05, 4.69) is 21.2 Å². The molecule has 4 heteroatoms. The number of alkyl halides is 1. The Labute approximate surface area is 105 Å². The van der Waals surface area contributed by atoms with Crippen LogP contribution in [-0.4, -0.2) is 29.5 Å². The Bertz CT molecular complexity index is 241. The molecule has 0 aromatic heterocycles. The molecule has 92 valence electrons. The predicted molar refractivity (Wildman–Crippen MR) is 66.7 cm³/mol. The minimum atomic E-state index is -0.192. The first-order chi connectivity index (χ1) is 7.77. The highest BCUT2D eigenvalue weighted by Gasteiger charge is 2.28. The normalized spacial score (nSPS) is 35.7. The van der Waals surface area contributed by atoms with Gasteiger partial charge in [-0.15, -0.1) is 0 Å². The van der Waals surface area contributed by atoms with E-state index in [1.807, 2.05) is 0 Å². The summed E-state index contributed by atoms with van der Waals surface area (Å²) in [6, 6.07) is 0.291. The molecule has 1 N–H and O–H groups in total. The smallest absolute Gasteiger partial charge is 0.249 e. The second kappa shape index (κ2) is 6.01. The number of halogens is 1. The van der Waals surface area contributed by atoms with Crippen LogP contribution in [0, 0.1) is 0 Å². The highest BCUT2D eigenvalue weighted by atomic mass is 79.9. The Kier molecular flexibility index (Phi) is 4.65. The van der Waals surface area contributed by atoms with Crippen LogP contribution in [-0.2, 0) is 9.53 Å². The average molecular weight is 290 g/mol. The van der Waals surface area contributed by atoms with Gasteiger partial charge in [0.15, 0.2) is 0 Å². The molecule has 0 aromatic rings. The molecule has 3 nitrogen and oxygen atoms in total. The van der Waals surface area contributed by atoms with E-state index in [4.69, 9.17) is 4.74 Å². The molecule has 1 saturated heterocycles. The molecular formula is C12H20BrNO2. The van der Waals surface area contributed by atoms with Crippen LogP contribution in [0.4, 0.5) is 0 Å². The van der Waals surface area contributed by atoms with Gasteiger partial charge in [-0.2, -0.15) is 0 Å². The standard InChI is InChI=1S/C12H20BrNO2/c13-9-5-2-1-3-6-10(9)14-12(15)11-7-4-8-16-11/h9-11H,1-8H2,(H,14,15). The quantitative estimate of drug-likeness (QED) is 0.626. The first-order valence-corrected chi connectivity index (χ1v) is 7.25. The van der Waals surface area contributed by atoms with Gasteiger partial charge in [0.2, 0.25) is 5.91 Å². The molecule has 1 saturated carbocycles. The zero-order valence-corrected chi connectivity index (χ0v) is 11.2. The molecule has 3 atom stereocenters. The van der Waals surface area contributed by atoms with Gasteiger partial charge in [0.25, 0.3) is 0 Å². The lowest BCUT2D eigenvalue weighted by Crippen LogP contribution is -2.45. The van der Waals surface area contributed by atoms with E-state index in [1.165, 1.54) is 19.3 Å². The Morgan fingerprint density at radius 3 is 2.69 bits per heavy atom. The summed E-state index contributed by atoms with van der Waals surface area (Å²) in [7, 11) is 0. The number of carbonyl (C=O) groups excluding carboxylic acids is 1. The molecule has 3 unspecified atom stereocenters. The topological polar surface area (TPSA) is 38.3 Å². The first-order valence-electron chi connectivity index (χ1n) is 6.33. The lowest BCUT2D eigenvalue weighted by Gasteiger charge is -2.23. The molecular weight excluding hydrogens is 270 g/mol. The van der Waals surface area contributed by atoms with Gasteiger partial charge in [-0.25, -0.2) is 0 Å². The van der Waals surface area contributed by atoms with Crippen molar-refractivity contribution < 1.29 is 9.53 Å². The van der Waals surface area contributed by atoms with Crippen molar-refractivity contribution in [1.82, 2.24) is 5.32 Å². The number of amides is 1. The van der Waals surface area contributed by atoms with E-state index in [-0.39, 0.29) is 12.0 Å². The molecule has 2 aliphatic rings. The maximum atomic E-state index is 11.9. The Morgan fingerprint density at radius 1 is 1.12 bits per heavy atom. The van der Waals surface area contributed by atoms with Crippen LogP contribution < -0.4 is 5.32 Å². The number of carbonyl (C=O) groups is 1. The minimum absolute atomic E-state index is 0.0915. The van der Waals surface area contributed by atoms with Crippen LogP contribution in [0.5, 0.6) is 0 Å². The number of hydrogen-bond acceptors (Lipinski definition) is 2. The summed E-state index contributed by atoms with van der Waals surface area (Å²) in [5.74, 6) is 0.0915. The number of hydrogen-bond donors (Lipinski definition) is 1. The highest BCUT2D eigenvalue weighted by Crippen LogP contribution is 2.24. The van der Waals surface area contributed by atoms with Crippen LogP contribution >= 0.6 is 15.9 Å². The fourth-order valence-electron chi connectivity index (χ4n) is 2.49. The fourth-order valence-corrected chi connectivity index (χ4v) is 3.21. The van der Waals surface area contributed by atoms with Crippen LogP contribution in [0.15, 0.2) is 0 Å². The van der Waals surface area contributed by atoms with E-state index in [1.54, 1.807) is 0 Å². The second-order valence-electron chi connectivity index (χ2n) is 4.77. The van der Waals surface area contributed by atoms with E-state index < -0.39 is 0 Å². The molecule has 16 heavy (non-hydrogen) atoms. The van der Waals surface area contributed by atoms with Crippen molar-refractivity contribution in [2.45, 2.75) is 61.9 Å². The Hall–Kier alpha value is -0.0900. The minimum Gasteiger partial charge on any atom is -0.368 e. The third-order valence-electron chi connectivity index (χ3n) is 3.48. The Morgan fingerprint density at radius 2 is 1.94 bits per heavy atom. The van der Waals surface area contributed by atoms with Crippen LogP contribution in [0.25, 0.3) is 0 Å². The van der Waals surface area contributed by atoms with Crippen molar-refractivity contribution >= 4 is 21.8 Å². The van der Waals surface area contributed by atoms with E-state index >= 15 is 0 Å². The van der Waals surface area contributed by atoms with Crippen LogP contribution in [0.3, 0.4) is 0 Å². The maximum Gasteiger partial charge on any atom is 0.249 e. The molecule has 0 bridgehead atoms. The van der Waals surface area contributed by atoms with Crippen LogP contribution in [0.2, 0.25) is 0 Å². The molecule has 1 aliphatic heterocycles. The van der Waals surface area contributed by atoms with Gasteiger partial charge < -0.3 is 10.1 Å². The van der Waals surface area contributed by atoms with Gasteiger partial charge in [-0.05, 0) is 25.7 Å². The number of nitrogens with one attached hydrogen (secondary N) is 1. The summed E-state index contributed by atoms with van der Waals surface area (Å²) >= 11 is 3.69. The van der Waals surface area contributed by atoms with Gasteiger partial charge >= 0.3 is 0 Å². The Balaban J connectivity index is 1.84. The van der Waals surface area contributed by atoms with E-state index in [0.717, 1.165) is 32.3 Å².